The molecule has 162 valence electrons. The van der Waals surface area contributed by atoms with Crippen molar-refractivity contribution in [1.82, 2.24) is 15.1 Å². The Balaban J connectivity index is 1.50. The number of fused-ring (bicyclic) bond motifs is 1. The Morgan fingerprint density at radius 2 is 1.97 bits per heavy atom. The minimum atomic E-state index is -3.16. The lowest BCUT2D eigenvalue weighted by molar-refractivity contribution is -0.139. The summed E-state index contributed by atoms with van der Waals surface area (Å²) in [6, 6.07) is 3.86. The van der Waals surface area contributed by atoms with Crippen molar-refractivity contribution in [3.05, 3.63) is 23.8 Å². The van der Waals surface area contributed by atoms with Gasteiger partial charge in [0.25, 0.3) is 5.91 Å². The highest BCUT2D eigenvalue weighted by atomic mass is 32.2. The summed E-state index contributed by atoms with van der Waals surface area (Å²) in [5.74, 6) is -0.0912. The number of hydrogen-bond acceptors (Lipinski definition) is 7. The van der Waals surface area contributed by atoms with E-state index in [1.807, 2.05) is 0 Å². The van der Waals surface area contributed by atoms with Crippen LogP contribution in [0.3, 0.4) is 0 Å². The quantitative estimate of drug-likeness (QED) is 0.651. The first-order valence-corrected chi connectivity index (χ1v) is 11.4. The predicted molar refractivity (Wildman–Crippen MR) is 105 cm³/mol. The van der Waals surface area contributed by atoms with Gasteiger partial charge in [0.2, 0.25) is 5.91 Å². The number of sulfone groups is 1. The third-order valence-electron chi connectivity index (χ3n) is 5.84. The highest BCUT2D eigenvalue weighted by molar-refractivity contribution is 7.91. The summed E-state index contributed by atoms with van der Waals surface area (Å²) in [7, 11) is -1.67. The Kier molecular flexibility index (Phi) is 4.88. The fourth-order valence-corrected chi connectivity index (χ4v) is 5.70. The lowest BCUT2D eigenvalue weighted by Crippen LogP contribution is -2.46. The van der Waals surface area contributed by atoms with Gasteiger partial charge in [0.15, 0.2) is 21.3 Å². The minimum absolute atomic E-state index is 0.0284. The highest BCUT2D eigenvalue weighted by Gasteiger charge is 2.50. The van der Waals surface area contributed by atoms with Crippen LogP contribution in [0.15, 0.2) is 18.2 Å². The van der Waals surface area contributed by atoms with Gasteiger partial charge in [0.05, 0.1) is 11.5 Å². The molecule has 2 saturated heterocycles. The molecule has 3 heterocycles. The third-order valence-corrected chi connectivity index (χ3v) is 7.59. The molecule has 1 aromatic rings. The molecular weight excluding hydrogens is 414 g/mol. The molecule has 2 fully saturated rings. The molecule has 0 saturated carbocycles. The van der Waals surface area contributed by atoms with Crippen LogP contribution in [-0.4, -0.2) is 80.4 Å². The largest absolute Gasteiger partial charge is 0.486 e. The van der Waals surface area contributed by atoms with Crippen LogP contribution in [0.4, 0.5) is 4.79 Å². The summed E-state index contributed by atoms with van der Waals surface area (Å²) in [5, 5.41) is 2.65. The molecule has 0 aromatic heterocycles. The number of ether oxygens (including phenoxy) is 2. The molecule has 3 aliphatic rings. The number of nitrogens with zero attached hydrogens (tertiary/aromatic N) is 2. The van der Waals surface area contributed by atoms with Gasteiger partial charge in [-0.05, 0) is 31.0 Å². The molecule has 30 heavy (non-hydrogen) atoms. The number of urea groups is 1. The van der Waals surface area contributed by atoms with E-state index in [4.69, 9.17) is 9.47 Å². The number of carbonyl (C=O) groups excluding carboxylic acids is 3. The zero-order valence-corrected chi connectivity index (χ0v) is 17.5. The van der Waals surface area contributed by atoms with E-state index in [1.54, 1.807) is 25.1 Å². The van der Waals surface area contributed by atoms with Gasteiger partial charge in [-0.3, -0.25) is 14.5 Å². The van der Waals surface area contributed by atoms with E-state index in [-0.39, 0.29) is 11.5 Å². The van der Waals surface area contributed by atoms with Crippen molar-refractivity contribution in [3.63, 3.8) is 0 Å². The van der Waals surface area contributed by atoms with Crippen LogP contribution in [0.2, 0.25) is 0 Å². The molecule has 0 aliphatic carbocycles. The lowest BCUT2D eigenvalue weighted by atomic mass is 9.91. The van der Waals surface area contributed by atoms with Crippen molar-refractivity contribution in [2.75, 3.05) is 38.3 Å². The van der Waals surface area contributed by atoms with Crippen LogP contribution in [0.25, 0.3) is 0 Å². The van der Waals surface area contributed by atoms with E-state index >= 15 is 0 Å². The maximum atomic E-state index is 13.1. The van der Waals surface area contributed by atoms with Gasteiger partial charge in [0, 0.05) is 13.1 Å². The summed E-state index contributed by atoms with van der Waals surface area (Å²) in [4.78, 5) is 40.4. The number of imide groups is 1. The standard InChI is InChI=1S/C19H23N3O7S/c1-19(12-3-4-14-15(9-12)29-7-6-28-14)17(24)22(18(25)20-19)10-16(23)21(2)13-5-8-30(26,27)11-13/h3-4,9,13H,5-8,10-11H2,1-2H3,(H,20,25)/t13-,19-/m1/s1. The molecule has 4 rings (SSSR count). The van der Waals surface area contributed by atoms with Crippen LogP contribution < -0.4 is 14.8 Å². The number of hydrogen-bond donors (Lipinski definition) is 1. The summed E-state index contributed by atoms with van der Waals surface area (Å²) >= 11 is 0. The van der Waals surface area contributed by atoms with Crippen molar-refractivity contribution in [2.24, 2.45) is 0 Å². The number of rotatable bonds is 4. The van der Waals surface area contributed by atoms with Crippen LogP contribution in [0.1, 0.15) is 18.9 Å². The highest BCUT2D eigenvalue weighted by Crippen LogP contribution is 2.36. The fourth-order valence-electron chi connectivity index (χ4n) is 3.92. The second kappa shape index (κ2) is 7.15. The molecule has 0 unspecified atom stereocenters. The van der Waals surface area contributed by atoms with Gasteiger partial charge in [0.1, 0.15) is 25.3 Å². The van der Waals surface area contributed by atoms with Crippen molar-refractivity contribution in [2.45, 2.75) is 24.9 Å². The first-order valence-electron chi connectivity index (χ1n) is 9.61. The van der Waals surface area contributed by atoms with E-state index in [1.165, 1.54) is 11.9 Å². The SMILES string of the molecule is CN(C(=O)CN1C(=O)N[C@](C)(c2ccc3c(c2)OCCO3)C1=O)[C@@H]1CCS(=O)(=O)C1. The molecule has 1 N–H and O–H groups in total. The van der Waals surface area contributed by atoms with Crippen molar-refractivity contribution >= 4 is 27.7 Å². The molecule has 0 spiro atoms. The number of nitrogens with one attached hydrogen (secondary N) is 1. The number of benzene rings is 1. The zero-order chi connectivity index (χ0) is 21.7. The van der Waals surface area contributed by atoms with Crippen LogP contribution in [0.5, 0.6) is 11.5 Å². The summed E-state index contributed by atoms with van der Waals surface area (Å²) < 4.78 is 34.4. The number of likely N-dealkylation sites (N-methyl/N-ethyl adjacent to an activating group) is 1. The molecule has 11 heteroatoms. The molecule has 10 nitrogen and oxygen atoms in total. The number of amides is 4. The number of carbonyl (C=O) groups is 3. The molecule has 2 atom stereocenters. The van der Waals surface area contributed by atoms with E-state index in [9.17, 15) is 22.8 Å². The maximum Gasteiger partial charge on any atom is 0.325 e. The normalized spacial score (nSPS) is 27.1. The van der Waals surface area contributed by atoms with E-state index in [0.29, 0.717) is 36.7 Å². The monoisotopic (exact) mass is 437 g/mol. The lowest BCUT2D eigenvalue weighted by Gasteiger charge is -2.26. The average Bonchev–Trinajstić information content (AvgIpc) is 3.19. The average molecular weight is 437 g/mol. The smallest absolute Gasteiger partial charge is 0.325 e. The molecule has 4 amide bonds. The van der Waals surface area contributed by atoms with Crippen molar-refractivity contribution in [3.8, 4) is 11.5 Å². The van der Waals surface area contributed by atoms with Crippen molar-refractivity contribution in [1.29, 1.82) is 0 Å². The molecule has 0 bridgehead atoms. The maximum absolute atomic E-state index is 13.1. The molecule has 1 aromatic carbocycles. The first kappa shape index (κ1) is 20.5. The van der Waals surface area contributed by atoms with E-state index in [2.05, 4.69) is 5.32 Å². The predicted octanol–water partition coefficient (Wildman–Crippen LogP) is -0.130. The molecule has 3 aliphatic heterocycles. The summed E-state index contributed by atoms with van der Waals surface area (Å²) in [5.41, 5.74) is -0.849. The Morgan fingerprint density at radius 1 is 1.27 bits per heavy atom. The first-order chi connectivity index (χ1) is 14.1. The van der Waals surface area contributed by atoms with Crippen LogP contribution in [-0.2, 0) is 25.0 Å². The Hall–Kier alpha value is -2.82. The minimum Gasteiger partial charge on any atom is -0.486 e. The van der Waals surface area contributed by atoms with Crippen molar-refractivity contribution < 1.29 is 32.3 Å². The second-order valence-corrected chi connectivity index (χ2v) is 10.1. The van der Waals surface area contributed by atoms with Gasteiger partial charge in [-0.1, -0.05) is 6.07 Å². The van der Waals surface area contributed by atoms with E-state index < -0.39 is 45.8 Å². The van der Waals surface area contributed by atoms with Gasteiger partial charge >= 0.3 is 6.03 Å². The molecular formula is C19H23N3O7S. The zero-order valence-electron chi connectivity index (χ0n) is 16.7. The molecule has 0 radical (unpaired) electrons. The van der Waals surface area contributed by atoms with Gasteiger partial charge in [-0.25, -0.2) is 13.2 Å². The van der Waals surface area contributed by atoms with Gasteiger partial charge in [-0.15, -0.1) is 0 Å². The second-order valence-electron chi connectivity index (χ2n) is 7.87. The summed E-state index contributed by atoms with van der Waals surface area (Å²) in [6.45, 7) is 1.93. The Bertz CT molecular complexity index is 1020. The summed E-state index contributed by atoms with van der Waals surface area (Å²) in [6.07, 6.45) is 0.347. The van der Waals surface area contributed by atoms with E-state index in [0.717, 1.165) is 4.90 Å². The van der Waals surface area contributed by atoms with Crippen LogP contribution >= 0.6 is 0 Å². The Morgan fingerprint density at radius 3 is 2.63 bits per heavy atom. The van der Waals surface area contributed by atoms with Gasteiger partial charge < -0.3 is 19.7 Å². The van der Waals surface area contributed by atoms with Crippen LogP contribution in [0, 0.1) is 0 Å². The third kappa shape index (κ3) is 3.47. The Labute approximate surface area is 174 Å². The fraction of sp³-hybridized carbons (Fsp3) is 0.526. The van der Waals surface area contributed by atoms with Gasteiger partial charge in [-0.2, -0.15) is 0 Å². The topological polar surface area (TPSA) is 122 Å².